The van der Waals surface area contributed by atoms with E-state index in [1.165, 1.54) is 16.6 Å². The monoisotopic (exact) mass is 245 g/mol. The van der Waals surface area contributed by atoms with E-state index in [-0.39, 0.29) is 18.4 Å². The van der Waals surface area contributed by atoms with Crippen LogP contribution in [0.5, 0.6) is 0 Å². The zero-order chi connectivity index (χ0) is 12.8. The quantitative estimate of drug-likeness (QED) is 0.789. The van der Waals surface area contributed by atoms with E-state index in [0.717, 1.165) is 6.42 Å². The van der Waals surface area contributed by atoms with E-state index in [1.54, 1.807) is 0 Å². The van der Waals surface area contributed by atoms with E-state index in [0.29, 0.717) is 6.54 Å². The standard InChI is InChI=1S/C12H15N5O/c13-12-15-9-17(16-12)8-11(18)14-7-6-10-4-2-1-3-5-10/h1-5,9H,6-8H2,(H2,13,16)(H,14,18). The molecule has 6 heteroatoms. The number of nitrogens with two attached hydrogens (primary N) is 1. The van der Waals surface area contributed by atoms with Gasteiger partial charge in [-0.25, -0.2) is 9.67 Å². The molecule has 0 aliphatic rings. The Kier molecular flexibility index (Phi) is 3.90. The summed E-state index contributed by atoms with van der Waals surface area (Å²) in [5, 5.41) is 6.66. The lowest BCUT2D eigenvalue weighted by molar-refractivity contribution is -0.121. The maximum absolute atomic E-state index is 11.6. The average molecular weight is 245 g/mol. The second-order valence-corrected chi connectivity index (χ2v) is 3.89. The fourth-order valence-electron chi connectivity index (χ4n) is 1.58. The molecule has 0 spiro atoms. The summed E-state index contributed by atoms with van der Waals surface area (Å²) in [7, 11) is 0. The van der Waals surface area contributed by atoms with Crippen LogP contribution < -0.4 is 11.1 Å². The number of hydrogen-bond donors (Lipinski definition) is 2. The summed E-state index contributed by atoms with van der Waals surface area (Å²) < 4.78 is 1.41. The highest BCUT2D eigenvalue weighted by Crippen LogP contribution is 1.98. The van der Waals surface area contributed by atoms with Crippen LogP contribution in [0.2, 0.25) is 0 Å². The van der Waals surface area contributed by atoms with Crippen LogP contribution in [0.4, 0.5) is 5.95 Å². The molecule has 0 bridgehead atoms. The van der Waals surface area contributed by atoms with Crippen molar-refractivity contribution < 1.29 is 4.79 Å². The molecule has 0 radical (unpaired) electrons. The van der Waals surface area contributed by atoms with Crippen molar-refractivity contribution in [2.75, 3.05) is 12.3 Å². The number of carbonyl (C=O) groups is 1. The van der Waals surface area contributed by atoms with Crippen molar-refractivity contribution in [1.29, 1.82) is 0 Å². The highest BCUT2D eigenvalue weighted by molar-refractivity contribution is 5.75. The van der Waals surface area contributed by atoms with Crippen LogP contribution in [0, 0.1) is 0 Å². The second-order valence-electron chi connectivity index (χ2n) is 3.89. The Balaban J connectivity index is 1.72. The maximum atomic E-state index is 11.6. The van der Waals surface area contributed by atoms with Crippen LogP contribution in [-0.4, -0.2) is 27.2 Å². The third kappa shape index (κ3) is 3.58. The first-order valence-electron chi connectivity index (χ1n) is 5.69. The third-order valence-corrected chi connectivity index (χ3v) is 2.44. The first-order valence-corrected chi connectivity index (χ1v) is 5.69. The molecule has 0 unspecified atom stereocenters. The molecule has 0 saturated heterocycles. The summed E-state index contributed by atoms with van der Waals surface area (Å²) in [4.78, 5) is 15.3. The molecule has 6 nitrogen and oxygen atoms in total. The number of amides is 1. The average Bonchev–Trinajstić information content (AvgIpc) is 2.76. The van der Waals surface area contributed by atoms with Gasteiger partial charge in [0.15, 0.2) is 0 Å². The Morgan fingerprint density at radius 1 is 1.33 bits per heavy atom. The minimum Gasteiger partial charge on any atom is -0.367 e. The summed E-state index contributed by atoms with van der Waals surface area (Å²) in [5.74, 6) is 0.0721. The summed E-state index contributed by atoms with van der Waals surface area (Å²) in [6.07, 6.45) is 2.25. The van der Waals surface area contributed by atoms with Gasteiger partial charge in [-0.2, -0.15) is 0 Å². The SMILES string of the molecule is Nc1ncn(CC(=O)NCCc2ccccc2)n1. The van der Waals surface area contributed by atoms with Gasteiger partial charge in [-0.05, 0) is 12.0 Å². The van der Waals surface area contributed by atoms with E-state index in [4.69, 9.17) is 5.73 Å². The Bertz CT molecular complexity index is 508. The van der Waals surface area contributed by atoms with E-state index in [9.17, 15) is 4.79 Å². The molecule has 18 heavy (non-hydrogen) atoms. The summed E-state index contributed by atoms with van der Waals surface area (Å²) in [6.45, 7) is 0.742. The molecule has 1 aromatic heterocycles. The van der Waals surface area contributed by atoms with Gasteiger partial charge in [0, 0.05) is 6.54 Å². The van der Waals surface area contributed by atoms with Crippen molar-refractivity contribution in [3.05, 3.63) is 42.2 Å². The number of carbonyl (C=O) groups excluding carboxylic acids is 1. The lowest BCUT2D eigenvalue weighted by Crippen LogP contribution is -2.29. The zero-order valence-corrected chi connectivity index (χ0v) is 9.91. The fraction of sp³-hybridized carbons (Fsp3) is 0.250. The molecule has 0 fully saturated rings. The smallest absolute Gasteiger partial charge is 0.241 e. The first-order chi connectivity index (χ1) is 8.74. The number of aromatic nitrogens is 3. The lowest BCUT2D eigenvalue weighted by atomic mass is 10.1. The first kappa shape index (κ1) is 12.1. The number of hydrogen-bond acceptors (Lipinski definition) is 4. The fourth-order valence-corrected chi connectivity index (χ4v) is 1.58. The Morgan fingerprint density at radius 2 is 2.11 bits per heavy atom. The largest absolute Gasteiger partial charge is 0.367 e. The number of nitrogens with zero attached hydrogens (tertiary/aromatic N) is 3. The minimum absolute atomic E-state index is 0.101. The number of benzene rings is 1. The van der Waals surface area contributed by atoms with Crippen molar-refractivity contribution in [3.8, 4) is 0 Å². The van der Waals surface area contributed by atoms with Crippen molar-refractivity contribution in [3.63, 3.8) is 0 Å². The van der Waals surface area contributed by atoms with Crippen LogP contribution in [-0.2, 0) is 17.8 Å². The van der Waals surface area contributed by atoms with Gasteiger partial charge in [0.05, 0.1) is 0 Å². The molecule has 1 amide bonds. The molecule has 0 aliphatic carbocycles. The summed E-state index contributed by atoms with van der Waals surface area (Å²) in [6, 6.07) is 10.00. The number of rotatable bonds is 5. The summed E-state index contributed by atoms with van der Waals surface area (Å²) >= 11 is 0. The van der Waals surface area contributed by atoms with E-state index in [2.05, 4.69) is 15.4 Å². The van der Waals surface area contributed by atoms with Gasteiger partial charge in [0.1, 0.15) is 12.9 Å². The minimum atomic E-state index is -0.101. The van der Waals surface area contributed by atoms with Crippen LogP contribution in [0.3, 0.4) is 0 Å². The topological polar surface area (TPSA) is 85.8 Å². The molecule has 1 aromatic carbocycles. The zero-order valence-electron chi connectivity index (χ0n) is 9.91. The van der Waals surface area contributed by atoms with E-state index >= 15 is 0 Å². The van der Waals surface area contributed by atoms with Crippen LogP contribution in [0.1, 0.15) is 5.56 Å². The molecule has 94 valence electrons. The molecular weight excluding hydrogens is 230 g/mol. The molecule has 1 heterocycles. The van der Waals surface area contributed by atoms with Crippen molar-refractivity contribution >= 4 is 11.9 Å². The molecule has 0 atom stereocenters. The normalized spacial score (nSPS) is 10.2. The van der Waals surface area contributed by atoms with Gasteiger partial charge < -0.3 is 11.1 Å². The van der Waals surface area contributed by atoms with Crippen molar-refractivity contribution in [2.24, 2.45) is 0 Å². The summed E-state index contributed by atoms with van der Waals surface area (Å²) in [5.41, 5.74) is 6.55. The van der Waals surface area contributed by atoms with E-state index in [1.807, 2.05) is 30.3 Å². The van der Waals surface area contributed by atoms with Crippen molar-refractivity contribution in [2.45, 2.75) is 13.0 Å². The molecule has 0 saturated carbocycles. The van der Waals surface area contributed by atoms with Gasteiger partial charge in [-0.15, -0.1) is 5.10 Å². The van der Waals surface area contributed by atoms with Gasteiger partial charge in [0.2, 0.25) is 11.9 Å². The van der Waals surface area contributed by atoms with Crippen molar-refractivity contribution in [1.82, 2.24) is 20.1 Å². The molecule has 2 rings (SSSR count). The Morgan fingerprint density at radius 3 is 2.78 bits per heavy atom. The number of nitrogen functional groups attached to an aromatic ring is 1. The Hall–Kier alpha value is -2.37. The number of nitrogens with one attached hydrogen (secondary N) is 1. The van der Waals surface area contributed by atoms with Gasteiger partial charge in [-0.3, -0.25) is 4.79 Å². The van der Waals surface area contributed by atoms with Gasteiger partial charge in [-0.1, -0.05) is 30.3 Å². The van der Waals surface area contributed by atoms with E-state index < -0.39 is 0 Å². The lowest BCUT2D eigenvalue weighted by Gasteiger charge is -2.05. The number of anilines is 1. The molecule has 0 aliphatic heterocycles. The highest BCUT2D eigenvalue weighted by atomic mass is 16.2. The molecule has 3 N–H and O–H groups in total. The van der Waals surface area contributed by atoms with Crippen LogP contribution in [0.25, 0.3) is 0 Å². The molecule has 2 aromatic rings. The predicted molar refractivity (Wildman–Crippen MR) is 67.6 cm³/mol. The van der Waals surface area contributed by atoms with Crippen LogP contribution in [0.15, 0.2) is 36.7 Å². The Labute approximate surface area is 105 Å². The van der Waals surface area contributed by atoms with Crippen LogP contribution >= 0.6 is 0 Å². The highest BCUT2D eigenvalue weighted by Gasteiger charge is 2.03. The molecular formula is C12H15N5O. The van der Waals surface area contributed by atoms with Gasteiger partial charge in [0.25, 0.3) is 0 Å². The second kappa shape index (κ2) is 5.81. The van der Waals surface area contributed by atoms with Gasteiger partial charge >= 0.3 is 0 Å². The third-order valence-electron chi connectivity index (χ3n) is 2.44. The predicted octanol–water partition coefficient (Wildman–Crippen LogP) is 0.219. The maximum Gasteiger partial charge on any atom is 0.241 e.